The molecule has 1 amide bonds. The molecule has 0 aromatic heterocycles. The molecule has 0 aromatic rings. The molecule has 1 heterocycles. The number of nitrogens with zero attached hydrogens (tertiary/aromatic N) is 2. The first-order valence-electron chi connectivity index (χ1n) is 6.96. The van der Waals surface area contributed by atoms with Gasteiger partial charge in [-0.3, -0.25) is 9.79 Å². The Bertz CT molecular complexity index is 366. The van der Waals surface area contributed by atoms with Crippen LogP contribution in [0.3, 0.4) is 0 Å². The summed E-state index contributed by atoms with van der Waals surface area (Å²) in [6.45, 7) is 1.23. The van der Waals surface area contributed by atoms with Gasteiger partial charge in [-0.15, -0.1) is 0 Å². The highest BCUT2D eigenvalue weighted by Gasteiger charge is 2.34. The van der Waals surface area contributed by atoms with Crippen LogP contribution in [-0.2, 0) is 4.79 Å². The van der Waals surface area contributed by atoms with E-state index in [0.717, 1.165) is 25.7 Å². The van der Waals surface area contributed by atoms with Crippen LogP contribution in [0.25, 0.3) is 0 Å². The smallest absolute Gasteiger partial charge is 0.222 e. The third-order valence-corrected chi connectivity index (χ3v) is 4.06. The predicted octanol–water partition coefficient (Wildman–Crippen LogP) is -0.313. The summed E-state index contributed by atoms with van der Waals surface area (Å²) in [5, 5.41) is 16.5. The molecule has 2 fully saturated rings. The Morgan fingerprint density at radius 1 is 1.58 bits per heavy atom. The van der Waals surface area contributed by atoms with E-state index in [-0.39, 0.29) is 11.9 Å². The molecule has 0 spiro atoms. The second kappa shape index (κ2) is 5.77. The molecular formula is C13H24N4O2. The fourth-order valence-corrected chi connectivity index (χ4v) is 2.53. The summed E-state index contributed by atoms with van der Waals surface area (Å²) in [6.07, 6.45) is 4.22. The van der Waals surface area contributed by atoms with Crippen molar-refractivity contribution in [3.05, 3.63) is 0 Å². The quantitative estimate of drug-likeness (QED) is 0.484. The molecule has 1 atom stereocenters. The third kappa shape index (κ3) is 3.59. The molecule has 1 saturated heterocycles. The minimum atomic E-state index is -0.559. The van der Waals surface area contributed by atoms with Gasteiger partial charge in [-0.2, -0.15) is 0 Å². The van der Waals surface area contributed by atoms with Crippen LogP contribution < -0.4 is 10.6 Å². The molecule has 6 nitrogen and oxygen atoms in total. The number of guanidine groups is 1. The number of likely N-dealkylation sites (tertiary alicyclic amines) is 1. The Labute approximate surface area is 114 Å². The zero-order chi connectivity index (χ0) is 13.9. The number of aliphatic imine (C=N–C) groups is 1. The molecule has 0 bridgehead atoms. The lowest BCUT2D eigenvalue weighted by atomic mass is 9.80. The number of carbonyl (C=O) groups is 1. The van der Waals surface area contributed by atoms with Gasteiger partial charge >= 0.3 is 0 Å². The Morgan fingerprint density at radius 3 is 2.84 bits per heavy atom. The van der Waals surface area contributed by atoms with Gasteiger partial charge in [0.1, 0.15) is 0 Å². The van der Waals surface area contributed by atoms with Crippen LogP contribution in [0.1, 0.15) is 32.1 Å². The van der Waals surface area contributed by atoms with E-state index in [1.807, 2.05) is 7.05 Å². The molecular weight excluding hydrogens is 244 g/mol. The number of rotatable bonds is 3. The zero-order valence-electron chi connectivity index (χ0n) is 11.8. The second-order valence-electron chi connectivity index (χ2n) is 5.66. The zero-order valence-corrected chi connectivity index (χ0v) is 11.8. The van der Waals surface area contributed by atoms with Crippen molar-refractivity contribution in [3.63, 3.8) is 0 Å². The maximum atomic E-state index is 11.4. The van der Waals surface area contributed by atoms with Gasteiger partial charge in [0.15, 0.2) is 5.96 Å². The van der Waals surface area contributed by atoms with E-state index in [9.17, 15) is 9.90 Å². The normalized spacial score (nSPS) is 26.9. The number of piperidine rings is 1. The average molecular weight is 268 g/mol. The number of amides is 1. The monoisotopic (exact) mass is 268 g/mol. The van der Waals surface area contributed by atoms with Crippen molar-refractivity contribution in [2.24, 2.45) is 4.99 Å². The molecule has 0 aromatic carbocycles. The lowest BCUT2D eigenvalue weighted by Gasteiger charge is -2.37. The summed E-state index contributed by atoms with van der Waals surface area (Å²) in [6, 6.07) is 0.227. The Balaban J connectivity index is 1.77. The van der Waals surface area contributed by atoms with Gasteiger partial charge in [-0.05, 0) is 25.7 Å². The van der Waals surface area contributed by atoms with E-state index in [2.05, 4.69) is 15.6 Å². The summed E-state index contributed by atoms with van der Waals surface area (Å²) >= 11 is 0. The summed E-state index contributed by atoms with van der Waals surface area (Å²) in [4.78, 5) is 17.3. The minimum Gasteiger partial charge on any atom is -0.388 e. The second-order valence-corrected chi connectivity index (χ2v) is 5.66. The van der Waals surface area contributed by atoms with Crippen molar-refractivity contribution >= 4 is 11.9 Å². The van der Waals surface area contributed by atoms with Crippen LogP contribution in [0.4, 0.5) is 0 Å². The lowest BCUT2D eigenvalue weighted by Crippen LogP contribution is -2.55. The summed E-state index contributed by atoms with van der Waals surface area (Å²) < 4.78 is 0. The van der Waals surface area contributed by atoms with Gasteiger partial charge in [-0.25, -0.2) is 0 Å². The predicted molar refractivity (Wildman–Crippen MR) is 74.0 cm³/mol. The van der Waals surface area contributed by atoms with Crippen LogP contribution in [-0.4, -0.2) is 60.7 Å². The van der Waals surface area contributed by atoms with Crippen LogP contribution in [0.15, 0.2) is 4.99 Å². The summed E-state index contributed by atoms with van der Waals surface area (Å²) in [7, 11) is 3.54. The van der Waals surface area contributed by atoms with E-state index in [1.165, 1.54) is 0 Å². The molecule has 0 radical (unpaired) electrons. The maximum absolute atomic E-state index is 11.4. The van der Waals surface area contributed by atoms with Gasteiger partial charge in [0.05, 0.1) is 5.60 Å². The summed E-state index contributed by atoms with van der Waals surface area (Å²) in [5.74, 6) is 0.901. The highest BCUT2D eigenvalue weighted by atomic mass is 16.3. The molecule has 3 N–H and O–H groups in total. The molecule has 19 heavy (non-hydrogen) atoms. The number of aliphatic hydroxyl groups is 1. The van der Waals surface area contributed by atoms with Crippen molar-refractivity contribution in [2.75, 3.05) is 27.2 Å². The van der Waals surface area contributed by atoms with Crippen molar-refractivity contribution in [1.82, 2.24) is 15.5 Å². The third-order valence-electron chi connectivity index (χ3n) is 4.06. The number of hydrogen-bond acceptors (Lipinski definition) is 3. The van der Waals surface area contributed by atoms with E-state index >= 15 is 0 Å². The fourth-order valence-electron chi connectivity index (χ4n) is 2.53. The molecule has 1 saturated carbocycles. The number of nitrogens with one attached hydrogen (secondary N) is 2. The standard InChI is InChI=1S/C13H24N4O2/c1-14-12(15-9-13(19)6-3-7-13)16-10-4-5-11(18)17(2)8-10/h10,19H,3-9H2,1-2H3,(H2,14,15,16). The highest BCUT2D eigenvalue weighted by molar-refractivity contribution is 5.81. The minimum absolute atomic E-state index is 0.199. The lowest BCUT2D eigenvalue weighted by molar-refractivity contribution is -0.132. The van der Waals surface area contributed by atoms with Gasteiger partial charge in [-0.1, -0.05) is 0 Å². The van der Waals surface area contributed by atoms with Gasteiger partial charge in [0, 0.05) is 39.6 Å². The van der Waals surface area contributed by atoms with Gasteiger partial charge in [0.25, 0.3) is 0 Å². The molecule has 1 unspecified atom stereocenters. The van der Waals surface area contributed by atoms with E-state index in [1.54, 1.807) is 11.9 Å². The number of carbonyl (C=O) groups excluding carboxylic acids is 1. The topological polar surface area (TPSA) is 77.0 Å². The Kier molecular flexibility index (Phi) is 4.29. The molecule has 2 rings (SSSR count). The Morgan fingerprint density at radius 2 is 2.32 bits per heavy atom. The first kappa shape index (κ1) is 14.1. The number of likely N-dealkylation sites (N-methyl/N-ethyl adjacent to an activating group) is 1. The fraction of sp³-hybridized carbons (Fsp3) is 0.846. The van der Waals surface area contributed by atoms with Crippen molar-refractivity contribution in [1.29, 1.82) is 0 Å². The number of hydrogen-bond donors (Lipinski definition) is 3. The van der Waals surface area contributed by atoms with Crippen molar-refractivity contribution in [2.45, 2.75) is 43.7 Å². The molecule has 1 aliphatic carbocycles. The van der Waals surface area contributed by atoms with Gasteiger partial charge in [0.2, 0.25) is 5.91 Å². The summed E-state index contributed by atoms with van der Waals surface area (Å²) in [5.41, 5.74) is -0.559. The SMILES string of the molecule is CN=C(NCC1(O)CCC1)NC1CCC(=O)N(C)C1. The van der Waals surface area contributed by atoms with E-state index in [4.69, 9.17) is 0 Å². The molecule has 1 aliphatic heterocycles. The van der Waals surface area contributed by atoms with Gasteiger partial charge < -0.3 is 20.6 Å². The Hall–Kier alpha value is -1.30. The highest BCUT2D eigenvalue weighted by Crippen LogP contribution is 2.30. The molecule has 6 heteroatoms. The van der Waals surface area contributed by atoms with Crippen LogP contribution in [0, 0.1) is 0 Å². The van der Waals surface area contributed by atoms with E-state index in [0.29, 0.717) is 25.5 Å². The van der Waals surface area contributed by atoms with Crippen LogP contribution >= 0.6 is 0 Å². The largest absolute Gasteiger partial charge is 0.388 e. The molecule has 108 valence electrons. The van der Waals surface area contributed by atoms with Crippen LogP contribution in [0.2, 0.25) is 0 Å². The average Bonchev–Trinajstić information content (AvgIpc) is 2.36. The van der Waals surface area contributed by atoms with Crippen LogP contribution in [0.5, 0.6) is 0 Å². The molecule has 2 aliphatic rings. The van der Waals surface area contributed by atoms with Crippen molar-refractivity contribution in [3.8, 4) is 0 Å². The first-order valence-corrected chi connectivity index (χ1v) is 6.96. The first-order chi connectivity index (χ1) is 9.02. The maximum Gasteiger partial charge on any atom is 0.222 e. The van der Waals surface area contributed by atoms with E-state index < -0.39 is 5.60 Å². The van der Waals surface area contributed by atoms with Crippen molar-refractivity contribution < 1.29 is 9.90 Å².